The van der Waals surface area contributed by atoms with Crippen LogP contribution in [0.5, 0.6) is 0 Å². The fourth-order valence-corrected chi connectivity index (χ4v) is 4.14. The van der Waals surface area contributed by atoms with Gasteiger partial charge in [-0.3, -0.25) is 0 Å². The van der Waals surface area contributed by atoms with Gasteiger partial charge in [0.05, 0.1) is 0 Å². The molecule has 2 nitrogen and oxygen atoms in total. The first kappa shape index (κ1) is 10.1. The van der Waals surface area contributed by atoms with Gasteiger partial charge in [0.2, 0.25) is 0 Å². The average Bonchev–Trinajstić information content (AvgIpc) is 2.80. The smallest absolute Gasteiger partial charge is 0.0283 e. The molecule has 1 saturated heterocycles. The quantitative estimate of drug-likeness (QED) is 0.752. The van der Waals surface area contributed by atoms with E-state index in [1.807, 2.05) is 0 Å². The van der Waals surface area contributed by atoms with E-state index in [1.54, 1.807) is 0 Å². The van der Waals surface area contributed by atoms with E-state index in [9.17, 15) is 0 Å². The lowest BCUT2D eigenvalue weighted by Gasteiger charge is -2.30. The third kappa shape index (κ3) is 1.94. The number of hydrogen-bond acceptors (Lipinski definition) is 2. The largest absolute Gasteiger partial charge is 0.324 e. The van der Waals surface area contributed by atoms with Crippen molar-refractivity contribution in [2.24, 2.45) is 17.6 Å². The van der Waals surface area contributed by atoms with Crippen LogP contribution in [0.1, 0.15) is 44.9 Å². The normalized spacial score (nSPS) is 39.8. The molecule has 0 bridgehead atoms. The molecule has 2 atom stereocenters. The van der Waals surface area contributed by atoms with Crippen LogP contribution >= 0.6 is 0 Å². The highest BCUT2D eigenvalue weighted by Crippen LogP contribution is 2.39. The summed E-state index contributed by atoms with van der Waals surface area (Å²) in [4.78, 5) is 2.67. The number of likely N-dealkylation sites (tertiary alicyclic amines) is 1. The summed E-state index contributed by atoms with van der Waals surface area (Å²) in [5, 5.41) is 0. The van der Waals surface area contributed by atoms with Gasteiger partial charge in [-0.05, 0) is 37.5 Å². The first-order valence-corrected chi connectivity index (χ1v) is 6.76. The highest BCUT2D eigenvalue weighted by Gasteiger charge is 2.39. The highest BCUT2D eigenvalue weighted by atomic mass is 15.2. The van der Waals surface area contributed by atoms with Crippen molar-refractivity contribution in [3.05, 3.63) is 0 Å². The molecule has 2 aliphatic carbocycles. The van der Waals surface area contributed by atoms with Crippen molar-refractivity contribution in [2.75, 3.05) is 19.6 Å². The second kappa shape index (κ2) is 3.74. The molecule has 3 fully saturated rings. The molecule has 2 saturated carbocycles. The number of nitrogens with zero attached hydrogens (tertiary/aromatic N) is 1. The standard InChI is InChI=1S/C13H24N2/c14-13(6-1-2-7-13)10-15-8-11-4-3-5-12(11)9-15/h11-12H,1-10,14H2. The molecular weight excluding hydrogens is 184 g/mol. The Balaban J connectivity index is 1.56. The summed E-state index contributed by atoms with van der Waals surface area (Å²) in [5.41, 5.74) is 6.63. The van der Waals surface area contributed by atoms with E-state index >= 15 is 0 Å². The first-order valence-electron chi connectivity index (χ1n) is 6.76. The molecule has 3 aliphatic rings. The third-order valence-corrected chi connectivity index (χ3v) is 4.94. The molecule has 2 heteroatoms. The van der Waals surface area contributed by atoms with Gasteiger partial charge in [-0.15, -0.1) is 0 Å². The van der Waals surface area contributed by atoms with Crippen LogP contribution in [0, 0.1) is 11.8 Å². The zero-order chi connectivity index (χ0) is 10.3. The van der Waals surface area contributed by atoms with Crippen LogP contribution in [0.15, 0.2) is 0 Å². The number of fused-ring (bicyclic) bond motifs is 1. The maximum Gasteiger partial charge on any atom is 0.0283 e. The van der Waals surface area contributed by atoms with Crippen LogP contribution < -0.4 is 5.73 Å². The van der Waals surface area contributed by atoms with Crippen molar-refractivity contribution in [2.45, 2.75) is 50.5 Å². The molecule has 1 heterocycles. The Morgan fingerprint density at radius 1 is 1.00 bits per heavy atom. The van der Waals surface area contributed by atoms with Crippen molar-refractivity contribution in [1.29, 1.82) is 0 Å². The van der Waals surface area contributed by atoms with Gasteiger partial charge in [-0.25, -0.2) is 0 Å². The van der Waals surface area contributed by atoms with E-state index in [0.717, 1.165) is 11.8 Å². The first-order chi connectivity index (χ1) is 7.25. The lowest BCUT2D eigenvalue weighted by molar-refractivity contribution is 0.233. The van der Waals surface area contributed by atoms with Crippen LogP contribution in [-0.2, 0) is 0 Å². The van der Waals surface area contributed by atoms with Crippen molar-refractivity contribution >= 4 is 0 Å². The molecule has 0 amide bonds. The fraction of sp³-hybridized carbons (Fsp3) is 1.00. The van der Waals surface area contributed by atoms with E-state index in [0.29, 0.717) is 0 Å². The zero-order valence-corrected chi connectivity index (χ0v) is 9.75. The minimum Gasteiger partial charge on any atom is -0.324 e. The summed E-state index contributed by atoms with van der Waals surface area (Å²) >= 11 is 0. The molecule has 0 aromatic heterocycles. The number of rotatable bonds is 2. The van der Waals surface area contributed by atoms with Crippen molar-refractivity contribution in [3.63, 3.8) is 0 Å². The second-order valence-corrected chi connectivity index (χ2v) is 6.21. The lowest BCUT2D eigenvalue weighted by Crippen LogP contribution is -2.47. The van der Waals surface area contributed by atoms with Crippen molar-refractivity contribution in [3.8, 4) is 0 Å². The SMILES string of the molecule is NC1(CN2CC3CCCC3C2)CCCC1. The number of nitrogens with two attached hydrogens (primary N) is 1. The highest BCUT2D eigenvalue weighted by molar-refractivity contribution is 4.96. The minimum atomic E-state index is 0.179. The maximum atomic E-state index is 6.45. The summed E-state index contributed by atoms with van der Waals surface area (Å²) in [5.74, 6) is 2.05. The summed E-state index contributed by atoms with van der Waals surface area (Å²) in [6.45, 7) is 3.88. The van der Waals surface area contributed by atoms with E-state index in [4.69, 9.17) is 5.73 Å². The predicted octanol–water partition coefficient (Wildman–Crippen LogP) is 1.99. The van der Waals surface area contributed by atoms with Crippen LogP contribution in [0.3, 0.4) is 0 Å². The molecule has 2 unspecified atom stereocenters. The van der Waals surface area contributed by atoms with E-state index in [1.165, 1.54) is 64.6 Å². The molecule has 2 N–H and O–H groups in total. The molecular formula is C13H24N2. The Kier molecular flexibility index (Phi) is 2.52. The van der Waals surface area contributed by atoms with Gasteiger partial charge in [-0.2, -0.15) is 0 Å². The molecule has 0 spiro atoms. The summed E-state index contributed by atoms with van der Waals surface area (Å²) in [6, 6.07) is 0. The number of hydrogen-bond donors (Lipinski definition) is 1. The van der Waals surface area contributed by atoms with E-state index in [2.05, 4.69) is 4.90 Å². The summed E-state index contributed by atoms with van der Waals surface area (Å²) < 4.78 is 0. The van der Waals surface area contributed by atoms with E-state index in [-0.39, 0.29) is 5.54 Å². The molecule has 86 valence electrons. The Bertz CT molecular complexity index is 221. The van der Waals surface area contributed by atoms with Gasteiger partial charge in [0, 0.05) is 25.2 Å². The van der Waals surface area contributed by atoms with Gasteiger partial charge >= 0.3 is 0 Å². The van der Waals surface area contributed by atoms with Gasteiger partial charge in [0.15, 0.2) is 0 Å². The van der Waals surface area contributed by atoms with Gasteiger partial charge in [0.25, 0.3) is 0 Å². The topological polar surface area (TPSA) is 29.3 Å². The molecule has 3 rings (SSSR count). The molecule has 1 aliphatic heterocycles. The molecule has 0 aromatic carbocycles. The molecule has 0 radical (unpaired) electrons. The second-order valence-electron chi connectivity index (χ2n) is 6.21. The Morgan fingerprint density at radius 3 is 2.20 bits per heavy atom. The van der Waals surface area contributed by atoms with Crippen LogP contribution in [0.25, 0.3) is 0 Å². The van der Waals surface area contributed by atoms with Crippen LogP contribution in [0.2, 0.25) is 0 Å². The summed E-state index contributed by atoms with van der Waals surface area (Å²) in [6.07, 6.45) is 9.69. The zero-order valence-electron chi connectivity index (χ0n) is 9.75. The lowest BCUT2D eigenvalue weighted by atomic mass is 9.98. The van der Waals surface area contributed by atoms with Gasteiger partial charge in [-0.1, -0.05) is 19.3 Å². The third-order valence-electron chi connectivity index (χ3n) is 4.94. The Hall–Kier alpha value is -0.0800. The Labute approximate surface area is 93.2 Å². The van der Waals surface area contributed by atoms with Gasteiger partial charge in [0.1, 0.15) is 0 Å². The Morgan fingerprint density at radius 2 is 1.60 bits per heavy atom. The fourth-order valence-electron chi connectivity index (χ4n) is 4.14. The monoisotopic (exact) mass is 208 g/mol. The molecule has 15 heavy (non-hydrogen) atoms. The maximum absolute atomic E-state index is 6.45. The minimum absolute atomic E-state index is 0.179. The summed E-state index contributed by atoms with van der Waals surface area (Å²) in [7, 11) is 0. The van der Waals surface area contributed by atoms with E-state index < -0.39 is 0 Å². The molecule has 0 aromatic rings. The predicted molar refractivity (Wildman–Crippen MR) is 62.7 cm³/mol. The van der Waals surface area contributed by atoms with Crippen molar-refractivity contribution < 1.29 is 0 Å². The van der Waals surface area contributed by atoms with Gasteiger partial charge < -0.3 is 10.6 Å². The van der Waals surface area contributed by atoms with Crippen LogP contribution in [0.4, 0.5) is 0 Å². The average molecular weight is 208 g/mol. The van der Waals surface area contributed by atoms with Crippen LogP contribution in [-0.4, -0.2) is 30.1 Å². The van der Waals surface area contributed by atoms with Crippen molar-refractivity contribution in [1.82, 2.24) is 4.90 Å².